The molecule has 0 radical (unpaired) electrons. The number of aromatic nitrogens is 5. The Balaban J connectivity index is 1.73. The van der Waals surface area contributed by atoms with Crippen LogP contribution in [0.4, 0.5) is 11.6 Å². The molecule has 27 heavy (non-hydrogen) atoms. The normalized spacial score (nSPS) is 11.1. The highest BCUT2D eigenvalue weighted by molar-refractivity contribution is 6.32. The average molecular weight is 382 g/mol. The van der Waals surface area contributed by atoms with E-state index in [1.165, 1.54) is 16.9 Å². The standard InChI is InChI=1S/C18H16ClN7O/c1-10-5-3-4-6-14(10)26-15(7-11(2)24-26)22-18(27)12-8-21-25-9-13(19)16(20)23-17(12)25/h3-9H,1-2H3,(H2,20,23)(H,22,27). The first-order chi connectivity index (χ1) is 12.9. The van der Waals surface area contributed by atoms with Gasteiger partial charge in [0.1, 0.15) is 22.2 Å². The van der Waals surface area contributed by atoms with Gasteiger partial charge in [0, 0.05) is 6.07 Å². The molecule has 0 bridgehead atoms. The van der Waals surface area contributed by atoms with Crippen molar-refractivity contribution in [2.45, 2.75) is 13.8 Å². The second kappa shape index (κ2) is 6.40. The predicted molar refractivity (Wildman–Crippen MR) is 103 cm³/mol. The lowest BCUT2D eigenvalue weighted by Gasteiger charge is -2.10. The van der Waals surface area contributed by atoms with Crippen molar-refractivity contribution in [3.63, 3.8) is 0 Å². The van der Waals surface area contributed by atoms with E-state index in [0.29, 0.717) is 11.5 Å². The molecule has 0 aliphatic rings. The fourth-order valence-electron chi connectivity index (χ4n) is 2.82. The highest BCUT2D eigenvalue weighted by Crippen LogP contribution is 2.22. The second-order valence-electron chi connectivity index (χ2n) is 6.12. The summed E-state index contributed by atoms with van der Waals surface area (Å²) in [7, 11) is 0. The van der Waals surface area contributed by atoms with Crippen LogP contribution in [0.5, 0.6) is 0 Å². The van der Waals surface area contributed by atoms with E-state index in [1.807, 2.05) is 38.1 Å². The number of rotatable bonds is 3. The average Bonchev–Trinajstić information content (AvgIpc) is 3.19. The molecule has 1 aromatic carbocycles. The van der Waals surface area contributed by atoms with Crippen LogP contribution in [-0.4, -0.2) is 30.3 Å². The van der Waals surface area contributed by atoms with Crippen LogP contribution in [-0.2, 0) is 0 Å². The van der Waals surface area contributed by atoms with Crippen molar-refractivity contribution in [2.75, 3.05) is 11.1 Å². The second-order valence-corrected chi connectivity index (χ2v) is 6.53. The van der Waals surface area contributed by atoms with Crippen molar-refractivity contribution in [1.29, 1.82) is 0 Å². The third kappa shape index (κ3) is 3.00. The lowest BCUT2D eigenvalue weighted by atomic mass is 10.2. The number of para-hydroxylation sites is 1. The third-order valence-corrected chi connectivity index (χ3v) is 4.43. The quantitative estimate of drug-likeness (QED) is 0.567. The van der Waals surface area contributed by atoms with Crippen LogP contribution in [0.1, 0.15) is 21.6 Å². The van der Waals surface area contributed by atoms with Crippen molar-refractivity contribution in [1.82, 2.24) is 24.4 Å². The van der Waals surface area contributed by atoms with Crippen molar-refractivity contribution >= 4 is 34.8 Å². The van der Waals surface area contributed by atoms with Gasteiger partial charge in [0.25, 0.3) is 5.91 Å². The molecule has 4 aromatic rings. The van der Waals surface area contributed by atoms with Crippen molar-refractivity contribution in [3.05, 3.63) is 64.6 Å². The third-order valence-electron chi connectivity index (χ3n) is 4.14. The zero-order chi connectivity index (χ0) is 19.1. The molecule has 0 atom stereocenters. The van der Waals surface area contributed by atoms with Gasteiger partial charge in [0.2, 0.25) is 0 Å². The Morgan fingerprint density at radius 2 is 2.04 bits per heavy atom. The highest BCUT2D eigenvalue weighted by atomic mass is 35.5. The monoisotopic (exact) mass is 381 g/mol. The Morgan fingerprint density at radius 1 is 1.26 bits per heavy atom. The van der Waals surface area contributed by atoms with E-state index in [0.717, 1.165) is 16.9 Å². The molecule has 0 fully saturated rings. The molecule has 136 valence electrons. The Morgan fingerprint density at radius 3 is 2.81 bits per heavy atom. The zero-order valence-corrected chi connectivity index (χ0v) is 15.4. The molecule has 0 unspecified atom stereocenters. The molecule has 3 heterocycles. The van der Waals surface area contributed by atoms with E-state index in [9.17, 15) is 4.79 Å². The zero-order valence-electron chi connectivity index (χ0n) is 14.6. The summed E-state index contributed by atoms with van der Waals surface area (Å²) >= 11 is 5.95. The fourth-order valence-corrected chi connectivity index (χ4v) is 2.95. The van der Waals surface area contributed by atoms with E-state index in [2.05, 4.69) is 20.5 Å². The van der Waals surface area contributed by atoms with E-state index in [4.69, 9.17) is 17.3 Å². The van der Waals surface area contributed by atoms with Gasteiger partial charge in [-0.3, -0.25) is 4.79 Å². The maximum Gasteiger partial charge on any atom is 0.262 e. The number of amides is 1. The van der Waals surface area contributed by atoms with Gasteiger partial charge in [-0.05, 0) is 25.5 Å². The number of fused-ring (bicyclic) bond motifs is 1. The molecule has 4 rings (SSSR count). The maximum atomic E-state index is 12.8. The number of anilines is 2. The van der Waals surface area contributed by atoms with E-state index in [1.54, 1.807) is 10.7 Å². The molecule has 3 aromatic heterocycles. The number of nitrogens with one attached hydrogen (secondary N) is 1. The molecule has 0 saturated heterocycles. The van der Waals surface area contributed by atoms with Crippen LogP contribution in [0, 0.1) is 13.8 Å². The number of halogens is 1. The number of benzene rings is 1. The highest BCUT2D eigenvalue weighted by Gasteiger charge is 2.18. The Labute approximate surface area is 159 Å². The van der Waals surface area contributed by atoms with Gasteiger partial charge < -0.3 is 11.1 Å². The largest absolute Gasteiger partial charge is 0.382 e. The summed E-state index contributed by atoms with van der Waals surface area (Å²) in [6, 6.07) is 9.60. The molecule has 9 heteroatoms. The summed E-state index contributed by atoms with van der Waals surface area (Å²) in [6.45, 7) is 3.85. The SMILES string of the molecule is Cc1cc(NC(=O)c2cnn3cc(Cl)c(N)nc23)n(-c2ccccc2C)n1. The Bertz CT molecular complexity index is 1180. The summed E-state index contributed by atoms with van der Waals surface area (Å²) < 4.78 is 3.12. The summed E-state index contributed by atoms with van der Waals surface area (Å²) in [6.07, 6.45) is 2.94. The molecular formula is C18H16ClN7O. The molecule has 1 amide bonds. The number of hydrogen-bond acceptors (Lipinski definition) is 5. The lowest BCUT2D eigenvalue weighted by molar-refractivity contribution is 0.102. The van der Waals surface area contributed by atoms with Crippen LogP contribution in [0.25, 0.3) is 11.3 Å². The maximum absolute atomic E-state index is 12.8. The van der Waals surface area contributed by atoms with E-state index >= 15 is 0 Å². The first-order valence-corrected chi connectivity index (χ1v) is 8.55. The molecular weight excluding hydrogens is 366 g/mol. The van der Waals surface area contributed by atoms with Gasteiger partial charge in [-0.2, -0.15) is 10.2 Å². The van der Waals surface area contributed by atoms with Crippen molar-refractivity contribution in [2.24, 2.45) is 0 Å². The number of nitrogen functional groups attached to an aromatic ring is 1. The number of nitrogens with two attached hydrogens (primary N) is 1. The minimum absolute atomic E-state index is 0.138. The first-order valence-electron chi connectivity index (χ1n) is 8.17. The van der Waals surface area contributed by atoms with Gasteiger partial charge in [-0.1, -0.05) is 29.8 Å². The smallest absolute Gasteiger partial charge is 0.262 e. The van der Waals surface area contributed by atoms with Gasteiger partial charge >= 0.3 is 0 Å². The topological polar surface area (TPSA) is 103 Å². The van der Waals surface area contributed by atoms with Gasteiger partial charge in [0.15, 0.2) is 5.65 Å². The number of nitrogens with zero attached hydrogens (tertiary/aromatic N) is 5. The number of aryl methyl sites for hydroxylation is 2. The van der Waals surface area contributed by atoms with Crippen LogP contribution in [0.2, 0.25) is 5.02 Å². The molecule has 3 N–H and O–H groups in total. The van der Waals surface area contributed by atoms with Crippen LogP contribution >= 0.6 is 11.6 Å². The van der Waals surface area contributed by atoms with E-state index in [-0.39, 0.29) is 22.3 Å². The number of hydrogen-bond donors (Lipinski definition) is 2. The Hall–Kier alpha value is -3.39. The molecule has 0 saturated carbocycles. The minimum Gasteiger partial charge on any atom is -0.382 e. The van der Waals surface area contributed by atoms with Gasteiger partial charge in [-0.15, -0.1) is 0 Å². The van der Waals surface area contributed by atoms with Crippen LogP contribution < -0.4 is 11.1 Å². The van der Waals surface area contributed by atoms with Crippen molar-refractivity contribution in [3.8, 4) is 5.69 Å². The molecule has 0 spiro atoms. The van der Waals surface area contributed by atoms with Gasteiger partial charge in [0.05, 0.1) is 23.8 Å². The molecule has 0 aliphatic carbocycles. The van der Waals surface area contributed by atoms with E-state index < -0.39 is 0 Å². The minimum atomic E-state index is -0.367. The number of carbonyl (C=O) groups excluding carboxylic acids is 1. The summed E-state index contributed by atoms with van der Waals surface area (Å²) in [4.78, 5) is 17.0. The summed E-state index contributed by atoms with van der Waals surface area (Å²) in [5.74, 6) is 0.321. The predicted octanol–water partition coefficient (Wildman–Crippen LogP) is 3.02. The summed E-state index contributed by atoms with van der Waals surface area (Å²) in [5, 5.41) is 11.8. The molecule has 8 nitrogen and oxygen atoms in total. The first kappa shape index (κ1) is 17.0. The van der Waals surface area contributed by atoms with Crippen LogP contribution in [0.15, 0.2) is 42.7 Å². The lowest BCUT2D eigenvalue weighted by Crippen LogP contribution is -2.15. The fraction of sp³-hybridized carbons (Fsp3) is 0.111. The Kier molecular flexibility index (Phi) is 4.04. The van der Waals surface area contributed by atoms with Gasteiger partial charge in [-0.25, -0.2) is 14.2 Å². The van der Waals surface area contributed by atoms with Crippen molar-refractivity contribution < 1.29 is 4.79 Å². The molecule has 0 aliphatic heterocycles. The van der Waals surface area contributed by atoms with Crippen LogP contribution in [0.3, 0.4) is 0 Å². The number of carbonyl (C=O) groups is 1. The summed E-state index contributed by atoms with van der Waals surface area (Å²) in [5.41, 5.74) is 9.07.